The van der Waals surface area contributed by atoms with Gasteiger partial charge >= 0.3 is 12.2 Å². The van der Waals surface area contributed by atoms with E-state index in [0.29, 0.717) is 76.3 Å². The van der Waals surface area contributed by atoms with Crippen molar-refractivity contribution in [1.82, 2.24) is 25.4 Å². The normalized spacial score (nSPS) is 12.8. The summed E-state index contributed by atoms with van der Waals surface area (Å²) in [6, 6.07) is 3.23. The van der Waals surface area contributed by atoms with E-state index in [-0.39, 0.29) is 5.91 Å². The second-order valence-corrected chi connectivity index (χ2v) is 13.7. The van der Waals surface area contributed by atoms with Crippen LogP contribution in [0.2, 0.25) is 0 Å². The number of aliphatic hydroxyl groups is 1. The van der Waals surface area contributed by atoms with E-state index < -0.39 is 35.4 Å². The molecule has 0 saturated heterocycles. The van der Waals surface area contributed by atoms with Crippen molar-refractivity contribution in [3.63, 3.8) is 0 Å². The molecule has 0 spiro atoms. The maximum atomic E-state index is 13.0. The lowest BCUT2D eigenvalue weighted by Gasteiger charge is -2.33. The molecule has 0 aliphatic heterocycles. The molecule has 14 heteroatoms. The molecule has 1 heterocycles. The molecule has 14 nitrogen and oxygen atoms in total. The lowest BCUT2D eigenvalue weighted by Crippen LogP contribution is -2.44. The predicted octanol–water partition coefficient (Wildman–Crippen LogP) is 3.81. The van der Waals surface area contributed by atoms with E-state index in [0.717, 1.165) is 0 Å². The first-order valence-corrected chi connectivity index (χ1v) is 15.6. The SMILES string of the molecule is CC(C)(C)OC(=O)NCCCN(CCCCN(CCCNC(=O)c1ccc(NN)nc1)C(=O)OC(C)(C)C)C(O)OC(C)(C)C. The summed E-state index contributed by atoms with van der Waals surface area (Å²) in [6.07, 6.45) is 1.80. The fourth-order valence-electron chi connectivity index (χ4n) is 3.94. The highest BCUT2D eigenvalue weighted by Crippen LogP contribution is 2.15. The Morgan fingerprint density at radius 2 is 1.38 bits per heavy atom. The van der Waals surface area contributed by atoms with Crippen LogP contribution in [0.1, 0.15) is 98.4 Å². The molecule has 0 aliphatic rings. The van der Waals surface area contributed by atoms with Crippen LogP contribution in [-0.4, -0.2) is 100 Å². The molecule has 3 amide bonds. The van der Waals surface area contributed by atoms with E-state index in [1.165, 1.54) is 6.20 Å². The van der Waals surface area contributed by atoms with Crippen LogP contribution < -0.4 is 21.9 Å². The Labute approximate surface area is 268 Å². The molecule has 45 heavy (non-hydrogen) atoms. The van der Waals surface area contributed by atoms with Crippen molar-refractivity contribution in [2.75, 3.05) is 44.7 Å². The van der Waals surface area contributed by atoms with Gasteiger partial charge in [-0.1, -0.05) is 0 Å². The first-order chi connectivity index (χ1) is 20.8. The number of amides is 3. The third-order valence-electron chi connectivity index (χ3n) is 5.90. The van der Waals surface area contributed by atoms with Crippen LogP contribution in [0.25, 0.3) is 0 Å². The molecule has 1 unspecified atom stereocenters. The molecule has 258 valence electrons. The van der Waals surface area contributed by atoms with Gasteiger partial charge in [-0.15, -0.1) is 0 Å². The average Bonchev–Trinajstić information content (AvgIpc) is 2.90. The highest BCUT2D eigenvalue weighted by molar-refractivity contribution is 5.94. The lowest BCUT2D eigenvalue weighted by molar-refractivity contribution is -0.239. The highest BCUT2D eigenvalue weighted by atomic mass is 16.6. The van der Waals surface area contributed by atoms with Gasteiger partial charge in [0.1, 0.15) is 17.0 Å². The van der Waals surface area contributed by atoms with E-state index in [1.807, 2.05) is 41.5 Å². The number of carbonyl (C=O) groups is 3. The molecule has 6 N–H and O–H groups in total. The van der Waals surface area contributed by atoms with E-state index in [2.05, 4.69) is 21.0 Å². The van der Waals surface area contributed by atoms with Gasteiger partial charge in [0.25, 0.3) is 5.91 Å². The molecular formula is C31H57N7O7. The van der Waals surface area contributed by atoms with Crippen LogP contribution in [0, 0.1) is 0 Å². The van der Waals surface area contributed by atoms with Crippen LogP contribution in [0.5, 0.6) is 0 Å². The molecule has 1 atom stereocenters. The van der Waals surface area contributed by atoms with E-state index in [1.54, 1.807) is 42.7 Å². The smallest absolute Gasteiger partial charge is 0.410 e. The number of unbranched alkanes of at least 4 members (excludes halogenated alkanes) is 1. The zero-order valence-corrected chi connectivity index (χ0v) is 28.7. The van der Waals surface area contributed by atoms with Crippen molar-refractivity contribution in [2.24, 2.45) is 5.84 Å². The second-order valence-electron chi connectivity index (χ2n) is 13.7. The maximum absolute atomic E-state index is 13.0. The number of ether oxygens (including phenoxy) is 3. The number of nitrogens with two attached hydrogens (primary N) is 1. The number of hydrogen-bond donors (Lipinski definition) is 5. The quantitative estimate of drug-likeness (QED) is 0.0724. The number of carbonyl (C=O) groups excluding carboxylic acids is 3. The van der Waals surface area contributed by atoms with Gasteiger partial charge in [-0.2, -0.15) is 0 Å². The summed E-state index contributed by atoms with van der Waals surface area (Å²) in [5.41, 5.74) is 1.03. The minimum atomic E-state index is -1.13. The Morgan fingerprint density at radius 3 is 1.93 bits per heavy atom. The minimum absolute atomic E-state index is 0.271. The lowest BCUT2D eigenvalue weighted by atomic mass is 10.2. The summed E-state index contributed by atoms with van der Waals surface area (Å²) in [5, 5.41) is 16.4. The number of aliphatic hydroxyl groups excluding tert-OH is 1. The molecule has 1 rings (SSSR count). The summed E-state index contributed by atoms with van der Waals surface area (Å²) in [6.45, 7) is 19.0. The van der Waals surface area contributed by atoms with Gasteiger partial charge in [0.05, 0.1) is 11.2 Å². The van der Waals surface area contributed by atoms with Gasteiger partial charge < -0.3 is 40.3 Å². The summed E-state index contributed by atoms with van der Waals surface area (Å²) in [4.78, 5) is 44.8. The number of alkyl carbamates (subject to hydrolysis) is 1. The number of hydrogen-bond acceptors (Lipinski definition) is 11. The Bertz CT molecular complexity index is 1030. The van der Waals surface area contributed by atoms with Gasteiger partial charge in [-0.25, -0.2) is 20.4 Å². The number of hydrazine groups is 1. The van der Waals surface area contributed by atoms with Gasteiger partial charge in [0, 0.05) is 45.5 Å². The van der Waals surface area contributed by atoms with Crippen LogP contribution in [-0.2, 0) is 14.2 Å². The Kier molecular flexibility index (Phi) is 16.5. The number of anilines is 1. The molecular weight excluding hydrogens is 582 g/mol. The van der Waals surface area contributed by atoms with Gasteiger partial charge in [-0.3, -0.25) is 9.69 Å². The number of nitrogen functional groups attached to an aromatic ring is 1. The fraction of sp³-hybridized carbons (Fsp3) is 0.742. The first kappa shape index (κ1) is 39.8. The number of nitrogens with zero attached hydrogens (tertiary/aromatic N) is 3. The number of pyridine rings is 1. The topological polar surface area (TPSA) is 181 Å². The average molecular weight is 640 g/mol. The van der Waals surface area contributed by atoms with Crippen LogP contribution >= 0.6 is 0 Å². The van der Waals surface area contributed by atoms with Gasteiger partial charge in [-0.05, 0) is 100 Å². The molecule has 0 bridgehead atoms. The highest BCUT2D eigenvalue weighted by Gasteiger charge is 2.24. The van der Waals surface area contributed by atoms with Crippen molar-refractivity contribution in [3.05, 3.63) is 23.9 Å². The summed E-state index contributed by atoms with van der Waals surface area (Å²) in [5.74, 6) is 5.50. The molecule has 0 saturated carbocycles. The third kappa shape index (κ3) is 19.0. The predicted molar refractivity (Wildman–Crippen MR) is 173 cm³/mol. The minimum Gasteiger partial charge on any atom is -0.444 e. The summed E-state index contributed by atoms with van der Waals surface area (Å²) < 4.78 is 16.7. The van der Waals surface area contributed by atoms with Crippen molar-refractivity contribution in [2.45, 2.75) is 111 Å². The molecule has 0 aliphatic carbocycles. The Balaban J connectivity index is 2.68. The molecule has 0 fully saturated rings. The molecule has 0 aromatic carbocycles. The van der Waals surface area contributed by atoms with Crippen LogP contribution in [0.4, 0.5) is 15.4 Å². The molecule has 1 aromatic rings. The zero-order chi connectivity index (χ0) is 34.3. The van der Waals surface area contributed by atoms with Crippen molar-refractivity contribution in [3.8, 4) is 0 Å². The van der Waals surface area contributed by atoms with Crippen LogP contribution in [0.15, 0.2) is 18.3 Å². The third-order valence-corrected chi connectivity index (χ3v) is 5.90. The van der Waals surface area contributed by atoms with Crippen molar-refractivity contribution < 1.29 is 33.7 Å². The first-order valence-electron chi connectivity index (χ1n) is 15.6. The van der Waals surface area contributed by atoms with Crippen molar-refractivity contribution >= 4 is 23.9 Å². The van der Waals surface area contributed by atoms with Gasteiger partial charge in [0.2, 0.25) is 6.41 Å². The van der Waals surface area contributed by atoms with E-state index in [4.69, 9.17) is 20.1 Å². The number of nitrogens with one attached hydrogen (secondary N) is 3. The number of aromatic nitrogens is 1. The Morgan fingerprint density at radius 1 is 0.822 bits per heavy atom. The summed E-state index contributed by atoms with van der Waals surface area (Å²) in [7, 11) is 0. The largest absolute Gasteiger partial charge is 0.444 e. The van der Waals surface area contributed by atoms with E-state index in [9.17, 15) is 19.5 Å². The van der Waals surface area contributed by atoms with Gasteiger partial charge in [0.15, 0.2) is 0 Å². The van der Waals surface area contributed by atoms with Crippen molar-refractivity contribution in [1.29, 1.82) is 0 Å². The number of rotatable bonds is 17. The standard InChI is InChI=1S/C31H57N7O7/c1-29(2,3)43-26(40)34-17-13-21-38(28(42)45-31(7,8)9)19-11-10-18-37(27(41)44-30(4,5)6)20-12-16-33-25(39)23-14-15-24(36-32)35-22-23/h14-15,22,28,42H,10-13,16-21,32H2,1-9H3,(H,33,39)(H,34,40)(H,35,36). The zero-order valence-electron chi connectivity index (χ0n) is 28.7. The molecule has 1 aromatic heterocycles. The molecule has 0 radical (unpaired) electrons. The van der Waals surface area contributed by atoms with E-state index >= 15 is 0 Å². The van der Waals surface area contributed by atoms with Crippen LogP contribution in [0.3, 0.4) is 0 Å². The summed E-state index contributed by atoms with van der Waals surface area (Å²) >= 11 is 0. The monoisotopic (exact) mass is 639 g/mol. The maximum Gasteiger partial charge on any atom is 0.410 e. The Hall–Kier alpha value is -3.20. The second kappa shape index (κ2) is 18.7. The fourth-order valence-corrected chi connectivity index (χ4v) is 3.94.